The van der Waals surface area contributed by atoms with E-state index in [4.69, 9.17) is 24.9 Å². The number of azide groups is 1. The Morgan fingerprint density at radius 3 is 2.42 bits per heavy atom. The summed E-state index contributed by atoms with van der Waals surface area (Å²) < 4.78 is 63.7. The third kappa shape index (κ3) is 6.83. The Bertz CT molecular complexity index is 1230. The Balaban J connectivity index is 2.32. The number of H-pyrrole nitrogens is 1. The van der Waals surface area contributed by atoms with E-state index in [1.807, 2.05) is 4.98 Å². The fourth-order valence-corrected chi connectivity index (χ4v) is 5.61. The van der Waals surface area contributed by atoms with Crippen LogP contribution in [-0.4, -0.2) is 63.9 Å². The summed E-state index contributed by atoms with van der Waals surface area (Å²) in [5.74, 6) is -1.16. The molecule has 2 heterocycles. The summed E-state index contributed by atoms with van der Waals surface area (Å²) in [6.07, 6.45) is -5.98. The molecule has 0 saturated carbocycles. The summed E-state index contributed by atoms with van der Waals surface area (Å²) in [7, 11) is -17.3. The molecule has 1 aliphatic heterocycles. The van der Waals surface area contributed by atoms with E-state index in [1.54, 1.807) is 0 Å². The van der Waals surface area contributed by atoms with E-state index in [-0.39, 0.29) is 0 Å². The quantitative estimate of drug-likeness (QED) is 0.0668. The summed E-state index contributed by atoms with van der Waals surface area (Å²) in [5.41, 5.74) is 4.80. The summed E-state index contributed by atoms with van der Waals surface area (Å²) in [4.78, 5) is 51.8. The molecule has 24 heteroatoms. The van der Waals surface area contributed by atoms with Crippen molar-refractivity contribution in [1.29, 1.82) is 0 Å². The second kappa shape index (κ2) is 9.71. The second-order valence-electron chi connectivity index (χ2n) is 5.99. The molecule has 186 valence electrons. The molecule has 1 aromatic heterocycles. The minimum atomic E-state index is -5.90. The first-order valence-electron chi connectivity index (χ1n) is 7.81. The Morgan fingerprint density at radius 1 is 1.27 bits per heavy atom. The first-order valence-corrected chi connectivity index (χ1v) is 12.7. The van der Waals surface area contributed by atoms with Gasteiger partial charge >= 0.3 is 29.2 Å². The Labute approximate surface area is 185 Å². The van der Waals surface area contributed by atoms with Gasteiger partial charge in [0.15, 0.2) is 12.0 Å². The highest BCUT2D eigenvalue weighted by Crippen LogP contribution is 2.66. The maximum Gasteiger partial charge on any atom is 0.490 e. The first-order chi connectivity index (χ1) is 14.9. The summed E-state index contributed by atoms with van der Waals surface area (Å²) in [5, 5.41) is 23.5. The van der Waals surface area contributed by atoms with Crippen molar-refractivity contribution >= 4 is 35.7 Å². The maximum absolute atomic E-state index is 13.8. The normalized spacial score (nSPS) is 29.1. The molecule has 1 saturated heterocycles. The van der Waals surface area contributed by atoms with Crippen LogP contribution in [0.15, 0.2) is 16.1 Å². The lowest BCUT2D eigenvalue weighted by atomic mass is 10.1. The number of aromatic nitrogens is 2. The highest BCUT2D eigenvalue weighted by molar-refractivity contribution is 7.71. The molecular weight excluding hydrogens is 546 g/mol. The molecule has 0 bridgehead atoms. The topological polar surface area (TPSA) is 296 Å². The third-order valence-corrected chi connectivity index (χ3v) is 7.75. The lowest BCUT2D eigenvalue weighted by Crippen LogP contribution is -2.44. The molecule has 1 aliphatic rings. The molecule has 6 atom stereocenters. The molecule has 19 nitrogen and oxygen atoms in total. The highest BCUT2D eigenvalue weighted by Gasteiger charge is 2.56. The molecule has 0 radical (unpaired) electrons. The van der Waals surface area contributed by atoms with Crippen LogP contribution in [0.4, 0.5) is 4.39 Å². The van der Waals surface area contributed by atoms with Crippen LogP contribution < -0.4 is 5.69 Å². The number of nitrogens with zero attached hydrogens (tertiary/aromatic N) is 4. The SMILES string of the molecule is [N-]=[N+]=N[C@]1(COP(=O)(O)OP(=O)(O)OP(=O)(O)O)O[C@@H](n2cc(F)c(=S)[nH]c2=O)C(O)[C@H]1O. The van der Waals surface area contributed by atoms with Crippen molar-refractivity contribution in [2.75, 3.05) is 6.61 Å². The number of aliphatic hydroxyl groups is 2. The molecule has 3 unspecified atom stereocenters. The molecule has 33 heavy (non-hydrogen) atoms. The molecule has 2 rings (SSSR count). The van der Waals surface area contributed by atoms with Crippen LogP contribution in [0.5, 0.6) is 0 Å². The standard InChI is InChI=1S/C9H13FN5O14P3S/c10-3-1-15(8(18)12-6(3)33)7-4(16)5(17)9(27-7,13-14-11)2-26-31(22,23)29-32(24,25)28-30(19,20)21/h1,4-5,7,16-17H,2H2,(H,22,23)(H,24,25)(H,12,18,33)(H2,19,20,21)/t4?,5-,7-,9-/m1/s1. The average Bonchev–Trinajstić information content (AvgIpc) is 2.86. The van der Waals surface area contributed by atoms with Gasteiger partial charge in [-0.1, -0.05) is 17.3 Å². The van der Waals surface area contributed by atoms with Gasteiger partial charge in [-0.15, -0.1) is 0 Å². The van der Waals surface area contributed by atoms with Crippen molar-refractivity contribution in [2.24, 2.45) is 5.11 Å². The van der Waals surface area contributed by atoms with Crippen LogP contribution in [0, 0.1) is 10.5 Å². The van der Waals surface area contributed by atoms with Crippen LogP contribution in [-0.2, 0) is 31.6 Å². The van der Waals surface area contributed by atoms with Gasteiger partial charge in [-0.3, -0.25) is 14.1 Å². The minimum Gasteiger partial charge on any atom is -0.387 e. The zero-order valence-electron chi connectivity index (χ0n) is 15.4. The van der Waals surface area contributed by atoms with Gasteiger partial charge in [0.2, 0.25) is 5.72 Å². The molecule has 0 aromatic carbocycles. The van der Waals surface area contributed by atoms with Crippen LogP contribution in [0.3, 0.4) is 0 Å². The third-order valence-electron chi connectivity index (χ3n) is 3.67. The fourth-order valence-electron chi connectivity index (χ4n) is 2.43. The van der Waals surface area contributed by atoms with E-state index >= 15 is 0 Å². The number of rotatable bonds is 9. The van der Waals surface area contributed by atoms with Gasteiger partial charge in [0.05, 0.1) is 12.8 Å². The van der Waals surface area contributed by atoms with Gasteiger partial charge in [-0.05, 0) is 5.53 Å². The largest absolute Gasteiger partial charge is 0.490 e. The van der Waals surface area contributed by atoms with Crippen molar-refractivity contribution in [2.45, 2.75) is 24.2 Å². The number of aromatic amines is 1. The first kappa shape index (κ1) is 27.9. The van der Waals surface area contributed by atoms with E-state index in [0.717, 1.165) is 0 Å². The van der Waals surface area contributed by atoms with Crippen molar-refractivity contribution in [1.82, 2.24) is 9.55 Å². The number of ether oxygens (including phenoxy) is 1. The molecule has 0 spiro atoms. The van der Waals surface area contributed by atoms with Crippen molar-refractivity contribution in [3.8, 4) is 0 Å². The fraction of sp³-hybridized carbons (Fsp3) is 0.556. The van der Waals surface area contributed by atoms with Gasteiger partial charge in [-0.2, -0.15) is 8.62 Å². The van der Waals surface area contributed by atoms with E-state index in [2.05, 4.69) is 35.4 Å². The van der Waals surface area contributed by atoms with Crippen molar-refractivity contribution in [3.63, 3.8) is 0 Å². The molecule has 1 fully saturated rings. The van der Waals surface area contributed by atoms with Gasteiger partial charge in [0.1, 0.15) is 16.8 Å². The Hall–Kier alpha value is -1.37. The predicted octanol–water partition coefficient (Wildman–Crippen LogP) is -0.355. The zero-order chi connectivity index (χ0) is 25.4. The van der Waals surface area contributed by atoms with Crippen molar-refractivity contribution < 1.29 is 65.8 Å². The second-order valence-corrected chi connectivity index (χ2v) is 10.8. The minimum absolute atomic E-state index is 0.360. The van der Waals surface area contributed by atoms with Crippen LogP contribution in [0.25, 0.3) is 10.4 Å². The molecule has 0 aliphatic carbocycles. The van der Waals surface area contributed by atoms with Gasteiger partial charge in [0.25, 0.3) is 0 Å². The predicted molar refractivity (Wildman–Crippen MR) is 99.7 cm³/mol. The van der Waals surface area contributed by atoms with Gasteiger partial charge < -0.3 is 34.5 Å². The number of hydrogen-bond donors (Lipinski definition) is 7. The van der Waals surface area contributed by atoms with E-state index < -0.39 is 70.4 Å². The smallest absolute Gasteiger partial charge is 0.387 e. The Kier molecular flexibility index (Phi) is 8.20. The number of halogens is 1. The Morgan fingerprint density at radius 2 is 1.88 bits per heavy atom. The lowest BCUT2D eigenvalue weighted by Gasteiger charge is -2.27. The van der Waals surface area contributed by atoms with Crippen molar-refractivity contribution in [3.05, 3.63) is 37.6 Å². The molecule has 1 aromatic rings. The molecule has 0 amide bonds. The van der Waals surface area contributed by atoms with E-state index in [1.165, 1.54) is 0 Å². The average molecular weight is 559 g/mol. The van der Waals surface area contributed by atoms with Gasteiger partial charge in [0, 0.05) is 4.91 Å². The number of phosphoric ester groups is 1. The summed E-state index contributed by atoms with van der Waals surface area (Å²) in [6.45, 7) is -1.52. The monoisotopic (exact) mass is 559 g/mol. The zero-order valence-corrected chi connectivity index (χ0v) is 18.9. The van der Waals surface area contributed by atoms with E-state index in [9.17, 15) is 38.0 Å². The molecule has 7 N–H and O–H groups in total. The van der Waals surface area contributed by atoms with Gasteiger partial charge in [-0.25, -0.2) is 22.9 Å². The van der Waals surface area contributed by atoms with Crippen LogP contribution >= 0.6 is 35.7 Å². The lowest BCUT2D eigenvalue weighted by molar-refractivity contribution is -0.123. The number of phosphoric acid groups is 3. The number of nitrogens with one attached hydrogen (secondary N) is 1. The summed E-state index contributed by atoms with van der Waals surface area (Å²) in [6, 6.07) is 0. The molecular formula is C9H13FN5O14P3S. The van der Waals surface area contributed by atoms with E-state index in [0.29, 0.717) is 10.8 Å². The number of hydrogen-bond acceptors (Lipinski definition) is 12. The maximum atomic E-state index is 13.8. The highest BCUT2D eigenvalue weighted by atomic mass is 32.1. The van der Waals surface area contributed by atoms with Crippen LogP contribution in [0.1, 0.15) is 6.23 Å². The number of aliphatic hydroxyl groups excluding tert-OH is 2. The summed E-state index contributed by atoms with van der Waals surface area (Å²) >= 11 is 4.51. The van der Waals surface area contributed by atoms with Crippen LogP contribution in [0.2, 0.25) is 0 Å².